The zero-order valence-electron chi connectivity index (χ0n) is 11.4. The van der Waals surface area contributed by atoms with Crippen molar-refractivity contribution >= 4 is 0 Å². The fourth-order valence-corrected chi connectivity index (χ4v) is 3.40. The molecule has 2 heteroatoms. The zero-order valence-corrected chi connectivity index (χ0v) is 11.4. The topological polar surface area (TPSA) is 23.5 Å². The molecule has 1 aromatic carbocycles. The van der Waals surface area contributed by atoms with E-state index in [9.17, 15) is 5.11 Å². The molecule has 0 spiro atoms. The molecule has 0 saturated carbocycles. The van der Waals surface area contributed by atoms with E-state index in [-0.39, 0.29) is 0 Å². The van der Waals surface area contributed by atoms with Gasteiger partial charge in [0.15, 0.2) is 0 Å². The minimum absolute atomic E-state index is 0.411. The molecule has 1 heterocycles. The standard InChI is InChI=1S/C16H23NO/c1-16(2)7-9-17(10-8-16)15-6-3-12-11-13(18)4-5-14(12)15/h4-5,11,15,18H,3,6-10H2,1-2H3. The highest BCUT2D eigenvalue weighted by atomic mass is 16.3. The van der Waals surface area contributed by atoms with Crippen LogP contribution in [0.5, 0.6) is 5.75 Å². The molecule has 1 N–H and O–H groups in total. The summed E-state index contributed by atoms with van der Waals surface area (Å²) in [7, 11) is 0. The third kappa shape index (κ3) is 2.14. The van der Waals surface area contributed by atoms with Gasteiger partial charge in [0.25, 0.3) is 0 Å². The van der Waals surface area contributed by atoms with Gasteiger partial charge in [-0.15, -0.1) is 0 Å². The number of aromatic hydroxyl groups is 1. The average Bonchev–Trinajstić information content (AvgIpc) is 2.72. The first-order valence-corrected chi connectivity index (χ1v) is 7.11. The van der Waals surface area contributed by atoms with Crippen molar-refractivity contribution in [1.82, 2.24) is 4.90 Å². The van der Waals surface area contributed by atoms with Crippen LogP contribution in [0.25, 0.3) is 0 Å². The molecule has 18 heavy (non-hydrogen) atoms. The maximum atomic E-state index is 9.55. The quantitative estimate of drug-likeness (QED) is 0.818. The van der Waals surface area contributed by atoms with Crippen molar-refractivity contribution < 1.29 is 5.11 Å². The number of likely N-dealkylation sites (tertiary alicyclic amines) is 1. The maximum Gasteiger partial charge on any atom is 0.115 e. The average molecular weight is 245 g/mol. The number of benzene rings is 1. The van der Waals surface area contributed by atoms with Crippen LogP contribution >= 0.6 is 0 Å². The smallest absolute Gasteiger partial charge is 0.115 e. The van der Waals surface area contributed by atoms with Crippen LogP contribution in [0, 0.1) is 5.41 Å². The van der Waals surface area contributed by atoms with E-state index in [0.29, 0.717) is 17.2 Å². The molecule has 1 atom stereocenters. The van der Waals surface area contributed by atoms with Crippen molar-refractivity contribution in [2.75, 3.05) is 13.1 Å². The third-order valence-electron chi connectivity index (χ3n) is 4.77. The van der Waals surface area contributed by atoms with Crippen molar-refractivity contribution in [1.29, 1.82) is 0 Å². The van der Waals surface area contributed by atoms with Gasteiger partial charge >= 0.3 is 0 Å². The van der Waals surface area contributed by atoms with Gasteiger partial charge < -0.3 is 5.11 Å². The number of piperidine rings is 1. The highest BCUT2D eigenvalue weighted by Gasteiger charge is 2.33. The maximum absolute atomic E-state index is 9.55. The lowest BCUT2D eigenvalue weighted by Crippen LogP contribution is -2.39. The number of hydrogen-bond acceptors (Lipinski definition) is 2. The number of rotatable bonds is 1. The second-order valence-corrected chi connectivity index (χ2v) is 6.64. The number of nitrogens with zero attached hydrogens (tertiary/aromatic N) is 1. The van der Waals surface area contributed by atoms with Crippen LogP contribution < -0.4 is 0 Å². The summed E-state index contributed by atoms with van der Waals surface area (Å²) in [5, 5.41) is 9.55. The molecular formula is C16H23NO. The van der Waals surface area contributed by atoms with Crippen molar-refractivity contribution in [3.8, 4) is 5.75 Å². The summed E-state index contributed by atoms with van der Waals surface area (Å²) in [6, 6.07) is 6.51. The van der Waals surface area contributed by atoms with Crippen LogP contribution in [-0.2, 0) is 6.42 Å². The SMILES string of the molecule is CC1(C)CCN(C2CCc3cc(O)ccc32)CC1. The summed E-state index contributed by atoms with van der Waals surface area (Å²) in [5.41, 5.74) is 3.32. The molecule has 1 aliphatic carbocycles. The Balaban J connectivity index is 1.77. The predicted octanol–water partition coefficient (Wildman–Crippen LogP) is 3.50. The van der Waals surface area contributed by atoms with Crippen molar-refractivity contribution in [2.24, 2.45) is 5.41 Å². The van der Waals surface area contributed by atoms with E-state index >= 15 is 0 Å². The van der Waals surface area contributed by atoms with Gasteiger partial charge in [-0.3, -0.25) is 4.90 Å². The van der Waals surface area contributed by atoms with Crippen LogP contribution in [0.3, 0.4) is 0 Å². The molecule has 1 unspecified atom stereocenters. The molecule has 1 saturated heterocycles. The van der Waals surface area contributed by atoms with Crippen LogP contribution in [0.15, 0.2) is 18.2 Å². The predicted molar refractivity (Wildman–Crippen MR) is 73.8 cm³/mol. The molecule has 2 aliphatic rings. The lowest BCUT2D eigenvalue weighted by Gasteiger charge is -2.40. The summed E-state index contributed by atoms with van der Waals surface area (Å²) in [6.07, 6.45) is 4.95. The second-order valence-electron chi connectivity index (χ2n) is 6.64. The minimum atomic E-state index is 0.411. The first-order valence-electron chi connectivity index (χ1n) is 7.11. The Morgan fingerprint density at radius 1 is 1.22 bits per heavy atom. The van der Waals surface area contributed by atoms with Gasteiger partial charge in [0.2, 0.25) is 0 Å². The summed E-state index contributed by atoms with van der Waals surface area (Å²) in [6.45, 7) is 7.20. The number of aryl methyl sites for hydroxylation is 1. The monoisotopic (exact) mass is 245 g/mol. The molecule has 3 rings (SSSR count). The first kappa shape index (κ1) is 12.0. The molecule has 1 aliphatic heterocycles. The minimum Gasteiger partial charge on any atom is -0.508 e. The summed E-state index contributed by atoms with van der Waals surface area (Å²) in [5.74, 6) is 0.411. The molecule has 1 aromatic rings. The van der Waals surface area contributed by atoms with Gasteiger partial charge in [-0.05, 0) is 67.4 Å². The Morgan fingerprint density at radius 3 is 2.67 bits per heavy atom. The van der Waals surface area contributed by atoms with E-state index in [1.54, 1.807) is 0 Å². The summed E-state index contributed by atoms with van der Waals surface area (Å²) < 4.78 is 0. The summed E-state index contributed by atoms with van der Waals surface area (Å²) >= 11 is 0. The van der Waals surface area contributed by atoms with Gasteiger partial charge in [-0.2, -0.15) is 0 Å². The molecular weight excluding hydrogens is 222 g/mol. The highest BCUT2D eigenvalue weighted by Crippen LogP contribution is 2.40. The van der Waals surface area contributed by atoms with Gasteiger partial charge in [0.05, 0.1) is 0 Å². The molecule has 98 valence electrons. The Hall–Kier alpha value is -1.02. The van der Waals surface area contributed by atoms with Gasteiger partial charge in [0.1, 0.15) is 5.75 Å². The first-order chi connectivity index (χ1) is 8.55. The number of phenols is 1. The van der Waals surface area contributed by atoms with E-state index in [2.05, 4.69) is 24.8 Å². The lowest BCUT2D eigenvalue weighted by atomic mass is 9.82. The van der Waals surface area contributed by atoms with Crippen molar-refractivity contribution in [2.45, 2.75) is 45.6 Å². The van der Waals surface area contributed by atoms with E-state index in [1.165, 1.54) is 43.5 Å². The fourth-order valence-electron chi connectivity index (χ4n) is 3.40. The van der Waals surface area contributed by atoms with Crippen LogP contribution in [0.2, 0.25) is 0 Å². The number of hydrogen-bond donors (Lipinski definition) is 1. The van der Waals surface area contributed by atoms with Gasteiger partial charge in [-0.25, -0.2) is 0 Å². The normalized spacial score (nSPS) is 27.1. The number of fused-ring (bicyclic) bond motifs is 1. The molecule has 0 aromatic heterocycles. The second kappa shape index (κ2) is 4.27. The van der Waals surface area contributed by atoms with Crippen LogP contribution in [0.4, 0.5) is 0 Å². The molecule has 2 nitrogen and oxygen atoms in total. The largest absolute Gasteiger partial charge is 0.508 e. The Morgan fingerprint density at radius 2 is 1.94 bits per heavy atom. The van der Waals surface area contributed by atoms with Crippen molar-refractivity contribution in [3.63, 3.8) is 0 Å². The molecule has 1 fully saturated rings. The molecule has 0 amide bonds. The van der Waals surface area contributed by atoms with Gasteiger partial charge in [-0.1, -0.05) is 19.9 Å². The third-order valence-corrected chi connectivity index (χ3v) is 4.77. The van der Waals surface area contributed by atoms with Crippen LogP contribution in [0.1, 0.15) is 50.3 Å². The number of phenolic OH excluding ortho intramolecular Hbond substituents is 1. The van der Waals surface area contributed by atoms with E-state index in [1.807, 2.05) is 12.1 Å². The molecule has 0 bridgehead atoms. The van der Waals surface area contributed by atoms with Crippen LogP contribution in [-0.4, -0.2) is 23.1 Å². The van der Waals surface area contributed by atoms with E-state index in [0.717, 1.165) is 6.42 Å². The summed E-state index contributed by atoms with van der Waals surface area (Å²) in [4.78, 5) is 2.65. The van der Waals surface area contributed by atoms with E-state index in [4.69, 9.17) is 0 Å². The Labute approximate surface area is 110 Å². The Kier molecular flexibility index (Phi) is 2.86. The van der Waals surface area contributed by atoms with Gasteiger partial charge in [0, 0.05) is 6.04 Å². The van der Waals surface area contributed by atoms with E-state index < -0.39 is 0 Å². The lowest BCUT2D eigenvalue weighted by molar-refractivity contribution is 0.0938. The zero-order chi connectivity index (χ0) is 12.8. The molecule has 0 radical (unpaired) electrons. The van der Waals surface area contributed by atoms with Crippen molar-refractivity contribution in [3.05, 3.63) is 29.3 Å². The fraction of sp³-hybridized carbons (Fsp3) is 0.625. The highest BCUT2D eigenvalue weighted by molar-refractivity contribution is 5.40. The Bertz CT molecular complexity index is 442.